The summed E-state index contributed by atoms with van der Waals surface area (Å²) in [5.41, 5.74) is 2.28. The molecule has 0 amide bonds. The molecule has 1 rings (SSSR count). The van der Waals surface area contributed by atoms with Gasteiger partial charge in [0.15, 0.2) is 5.78 Å². The van der Waals surface area contributed by atoms with Crippen LogP contribution in [0.4, 0.5) is 0 Å². The molecule has 1 unspecified atom stereocenters. The minimum absolute atomic E-state index is 0.174. The van der Waals surface area contributed by atoms with Crippen molar-refractivity contribution in [3.05, 3.63) is 35.4 Å². The van der Waals surface area contributed by atoms with Crippen molar-refractivity contribution >= 4 is 5.78 Å². The van der Waals surface area contributed by atoms with Crippen molar-refractivity contribution in [3.63, 3.8) is 0 Å². The van der Waals surface area contributed by atoms with E-state index in [1.807, 2.05) is 45.0 Å². The van der Waals surface area contributed by atoms with Crippen LogP contribution in [0.3, 0.4) is 0 Å². The standard InChI is InChI=1S/C14H20O2/c1-4-14(16-5-2)13(15)10-12-8-6-11(3)7-9-12/h6-9,14H,4-5,10H2,1-3H3. The molecule has 0 heterocycles. The van der Waals surface area contributed by atoms with E-state index in [1.54, 1.807) is 0 Å². The van der Waals surface area contributed by atoms with E-state index in [0.29, 0.717) is 13.0 Å². The van der Waals surface area contributed by atoms with Gasteiger partial charge >= 0.3 is 0 Å². The molecule has 0 aliphatic heterocycles. The molecule has 0 spiro atoms. The largest absolute Gasteiger partial charge is 0.371 e. The highest BCUT2D eigenvalue weighted by molar-refractivity contribution is 5.85. The van der Waals surface area contributed by atoms with Gasteiger partial charge in [0.25, 0.3) is 0 Å². The lowest BCUT2D eigenvalue weighted by Gasteiger charge is -2.13. The normalized spacial score (nSPS) is 12.4. The van der Waals surface area contributed by atoms with Gasteiger partial charge in [-0.3, -0.25) is 4.79 Å². The minimum Gasteiger partial charge on any atom is -0.371 e. The number of hydrogen-bond donors (Lipinski definition) is 0. The Labute approximate surface area is 97.6 Å². The van der Waals surface area contributed by atoms with Crippen molar-refractivity contribution in [1.29, 1.82) is 0 Å². The van der Waals surface area contributed by atoms with Crippen LogP contribution in [0.2, 0.25) is 0 Å². The lowest BCUT2D eigenvalue weighted by molar-refractivity contribution is -0.129. The Morgan fingerprint density at radius 2 is 1.88 bits per heavy atom. The molecule has 2 nitrogen and oxygen atoms in total. The fraction of sp³-hybridized carbons (Fsp3) is 0.500. The Balaban J connectivity index is 2.59. The number of Topliss-reactive ketones (excluding diaryl/α,β-unsaturated/α-hetero) is 1. The first kappa shape index (κ1) is 12.9. The van der Waals surface area contributed by atoms with Crippen LogP contribution >= 0.6 is 0 Å². The van der Waals surface area contributed by atoms with Crippen molar-refractivity contribution in [3.8, 4) is 0 Å². The number of ether oxygens (including phenoxy) is 1. The average Bonchev–Trinajstić information content (AvgIpc) is 2.29. The van der Waals surface area contributed by atoms with E-state index in [-0.39, 0.29) is 11.9 Å². The molecule has 16 heavy (non-hydrogen) atoms. The number of carbonyl (C=O) groups excluding carboxylic acids is 1. The zero-order chi connectivity index (χ0) is 12.0. The monoisotopic (exact) mass is 220 g/mol. The molecule has 0 N–H and O–H groups in total. The Hall–Kier alpha value is -1.15. The summed E-state index contributed by atoms with van der Waals surface area (Å²) < 4.78 is 5.40. The maximum Gasteiger partial charge on any atom is 0.165 e. The molecule has 1 atom stereocenters. The SMILES string of the molecule is CCOC(CC)C(=O)Cc1ccc(C)cc1. The summed E-state index contributed by atoms with van der Waals surface area (Å²) in [7, 11) is 0. The average molecular weight is 220 g/mol. The Kier molecular flexibility index (Phi) is 5.20. The van der Waals surface area contributed by atoms with Crippen LogP contribution in [0.1, 0.15) is 31.4 Å². The third kappa shape index (κ3) is 3.78. The lowest BCUT2D eigenvalue weighted by Crippen LogP contribution is -2.25. The lowest BCUT2D eigenvalue weighted by atomic mass is 10.0. The first-order chi connectivity index (χ1) is 7.67. The third-order valence-electron chi connectivity index (χ3n) is 2.60. The summed E-state index contributed by atoms with van der Waals surface area (Å²) in [6, 6.07) is 8.08. The second kappa shape index (κ2) is 6.44. The maximum atomic E-state index is 11.9. The molecular weight excluding hydrogens is 200 g/mol. The van der Waals surface area contributed by atoms with Gasteiger partial charge in [-0.15, -0.1) is 0 Å². The quantitative estimate of drug-likeness (QED) is 0.736. The second-order valence-corrected chi connectivity index (χ2v) is 3.98. The Morgan fingerprint density at radius 3 is 2.38 bits per heavy atom. The molecule has 1 aromatic rings. The molecule has 0 saturated carbocycles. The number of benzene rings is 1. The van der Waals surface area contributed by atoms with E-state index in [9.17, 15) is 4.79 Å². The second-order valence-electron chi connectivity index (χ2n) is 3.98. The molecule has 88 valence electrons. The zero-order valence-corrected chi connectivity index (χ0v) is 10.3. The molecule has 0 aromatic heterocycles. The topological polar surface area (TPSA) is 26.3 Å². The highest BCUT2D eigenvalue weighted by Gasteiger charge is 2.16. The summed E-state index contributed by atoms with van der Waals surface area (Å²) in [5, 5.41) is 0. The van der Waals surface area contributed by atoms with Crippen LogP contribution in [0.15, 0.2) is 24.3 Å². The minimum atomic E-state index is -0.244. The van der Waals surface area contributed by atoms with Gasteiger partial charge in [0.2, 0.25) is 0 Å². The summed E-state index contributed by atoms with van der Waals surface area (Å²) >= 11 is 0. The van der Waals surface area contributed by atoms with Gasteiger partial charge < -0.3 is 4.74 Å². The van der Waals surface area contributed by atoms with E-state index in [4.69, 9.17) is 4.74 Å². The molecule has 0 radical (unpaired) electrons. The van der Waals surface area contributed by atoms with Crippen LogP contribution < -0.4 is 0 Å². The van der Waals surface area contributed by atoms with E-state index in [2.05, 4.69) is 0 Å². The summed E-state index contributed by atoms with van der Waals surface area (Å²) in [6.07, 6.45) is 0.975. The first-order valence-corrected chi connectivity index (χ1v) is 5.87. The predicted molar refractivity (Wildman–Crippen MR) is 65.6 cm³/mol. The van der Waals surface area contributed by atoms with Crippen molar-refractivity contribution < 1.29 is 9.53 Å². The van der Waals surface area contributed by atoms with Gasteiger partial charge in [-0.25, -0.2) is 0 Å². The molecule has 0 fully saturated rings. The number of rotatable bonds is 6. The maximum absolute atomic E-state index is 11.9. The van der Waals surface area contributed by atoms with Crippen LogP contribution in [-0.4, -0.2) is 18.5 Å². The highest BCUT2D eigenvalue weighted by Crippen LogP contribution is 2.08. The highest BCUT2D eigenvalue weighted by atomic mass is 16.5. The van der Waals surface area contributed by atoms with Crippen LogP contribution in [-0.2, 0) is 16.0 Å². The smallest absolute Gasteiger partial charge is 0.165 e. The van der Waals surface area contributed by atoms with Crippen molar-refractivity contribution in [2.75, 3.05) is 6.61 Å². The molecule has 0 aliphatic rings. The zero-order valence-electron chi connectivity index (χ0n) is 10.3. The fourth-order valence-corrected chi connectivity index (χ4v) is 1.66. The van der Waals surface area contributed by atoms with Gasteiger partial charge in [0, 0.05) is 13.0 Å². The molecular formula is C14H20O2. The van der Waals surface area contributed by atoms with Crippen molar-refractivity contribution in [1.82, 2.24) is 0 Å². The predicted octanol–water partition coefficient (Wildman–Crippen LogP) is 2.92. The van der Waals surface area contributed by atoms with Gasteiger partial charge in [-0.1, -0.05) is 36.8 Å². The van der Waals surface area contributed by atoms with Gasteiger partial charge in [0.05, 0.1) is 0 Å². The van der Waals surface area contributed by atoms with Crippen molar-refractivity contribution in [2.24, 2.45) is 0 Å². The van der Waals surface area contributed by atoms with Gasteiger partial charge in [-0.05, 0) is 25.8 Å². The van der Waals surface area contributed by atoms with E-state index >= 15 is 0 Å². The van der Waals surface area contributed by atoms with Gasteiger partial charge in [-0.2, -0.15) is 0 Å². The van der Waals surface area contributed by atoms with E-state index in [1.165, 1.54) is 5.56 Å². The summed E-state index contributed by atoms with van der Waals surface area (Å²) in [4.78, 5) is 11.9. The third-order valence-corrected chi connectivity index (χ3v) is 2.60. The van der Waals surface area contributed by atoms with E-state index in [0.717, 1.165) is 12.0 Å². The van der Waals surface area contributed by atoms with Crippen molar-refractivity contribution in [2.45, 2.75) is 39.7 Å². The van der Waals surface area contributed by atoms with Crippen LogP contribution in [0.5, 0.6) is 0 Å². The number of hydrogen-bond acceptors (Lipinski definition) is 2. The Bertz CT molecular complexity index is 327. The Morgan fingerprint density at radius 1 is 1.25 bits per heavy atom. The van der Waals surface area contributed by atoms with Gasteiger partial charge in [0.1, 0.15) is 6.10 Å². The molecule has 1 aromatic carbocycles. The molecule has 0 aliphatic carbocycles. The van der Waals surface area contributed by atoms with Crippen LogP contribution in [0.25, 0.3) is 0 Å². The number of carbonyl (C=O) groups is 1. The first-order valence-electron chi connectivity index (χ1n) is 5.87. The number of aryl methyl sites for hydroxylation is 1. The summed E-state index contributed by atoms with van der Waals surface area (Å²) in [6.45, 7) is 6.54. The van der Waals surface area contributed by atoms with E-state index < -0.39 is 0 Å². The molecule has 0 saturated heterocycles. The molecule has 0 bridgehead atoms. The summed E-state index contributed by atoms with van der Waals surface area (Å²) in [5.74, 6) is 0.174. The fourth-order valence-electron chi connectivity index (χ4n) is 1.66. The van der Waals surface area contributed by atoms with Crippen LogP contribution in [0, 0.1) is 6.92 Å². The number of ketones is 1. The molecule has 2 heteroatoms.